The Morgan fingerprint density at radius 2 is 2.00 bits per heavy atom. The molecule has 0 aromatic heterocycles. The number of hydrogen-bond acceptors (Lipinski definition) is 3. The van der Waals surface area contributed by atoms with Gasteiger partial charge in [-0.15, -0.1) is 0 Å². The summed E-state index contributed by atoms with van der Waals surface area (Å²) in [5.74, 6) is -0.944. The summed E-state index contributed by atoms with van der Waals surface area (Å²) in [4.78, 5) is 21.5. The molecule has 0 heterocycles. The molecule has 1 aromatic rings. The van der Waals surface area contributed by atoms with Gasteiger partial charge in [0.25, 0.3) is 0 Å². The van der Waals surface area contributed by atoms with Crippen molar-refractivity contribution in [2.24, 2.45) is 0 Å². The van der Waals surface area contributed by atoms with Crippen molar-refractivity contribution in [3.63, 3.8) is 0 Å². The molecule has 0 saturated carbocycles. The summed E-state index contributed by atoms with van der Waals surface area (Å²) in [5.41, 5.74) is 0. The van der Waals surface area contributed by atoms with Gasteiger partial charge in [-0.2, -0.15) is 0 Å². The average Bonchev–Trinajstić information content (AvgIpc) is 2.25. The molecule has 0 spiro atoms. The van der Waals surface area contributed by atoms with Crippen molar-refractivity contribution in [1.82, 2.24) is 5.32 Å². The number of ether oxygens (including phenoxy) is 1. The Hall–Kier alpha value is -2.04. The molecule has 0 fully saturated rings. The van der Waals surface area contributed by atoms with Gasteiger partial charge in [0, 0.05) is 6.92 Å². The molecule has 0 bridgehead atoms. The average molecular weight is 223 g/mol. The van der Waals surface area contributed by atoms with Crippen LogP contribution in [0.25, 0.3) is 0 Å². The van der Waals surface area contributed by atoms with Gasteiger partial charge in [0.1, 0.15) is 5.75 Å². The van der Waals surface area contributed by atoms with Gasteiger partial charge < -0.3 is 15.2 Å². The normalized spacial score (nSPS) is 11.6. The molecule has 16 heavy (non-hydrogen) atoms. The summed E-state index contributed by atoms with van der Waals surface area (Å²) >= 11 is 0. The zero-order valence-electron chi connectivity index (χ0n) is 8.84. The van der Waals surface area contributed by atoms with E-state index in [4.69, 9.17) is 9.84 Å². The predicted molar refractivity (Wildman–Crippen MR) is 57.2 cm³/mol. The highest BCUT2D eigenvalue weighted by Gasteiger charge is 2.19. The number of carboxylic acids is 1. The molecule has 5 nitrogen and oxygen atoms in total. The maximum atomic E-state index is 10.8. The van der Waals surface area contributed by atoms with Crippen molar-refractivity contribution in [3.05, 3.63) is 30.3 Å². The molecule has 1 rings (SSSR count). The second-order valence-corrected chi connectivity index (χ2v) is 3.19. The molecule has 5 heteroatoms. The standard InChI is InChI=1S/C11H13NO4/c1-8(13)12-7-10(11(14)15)16-9-5-3-2-4-6-9/h2-6,10H,7H2,1H3,(H,12,13)(H,14,15). The van der Waals surface area contributed by atoms with Crippen LogP contribution in [-0.2, 0) is 9.59 Å². The molecule has 0 radical (unpaired) electrons. The number of carboxylic acid groups (broad SMARTS) is 1. The maximum Gasteiger partial charge on any atom is 0.346 e. The molecule has 0 saturated heterocycles. The molecular formula is C11H13NO4. The Labute approximate surface area is 93.0 Å². The first kappa shape index (κ1) is 12.0. The number of rotatable bonds is 5. The molecule has 1 atom stereocenters. The van der Waals surface area contributed by atoms with E-state index in [1.807, 2.05) is 0 Å². The Morgan fingerprint density at radius 3 is 2.50 bits per heavy atom. The highest BCUT2D eigenvalue weighted by atomic mass is 16.5. The summed E-state index contributed by atoms with van der Waals surface area (Å²) in [5, 5.41) is 11.3. The Balaban J connectivity index is 2.58. The lowest BCUT2D eigenvalue weighted by Gasteiger charge is -2.15. The highest BCUT2D eigenvalue weighted by Crippen LogP contribution is 2.10. The summed E-state index contributed by atoms with van der Waals surface area (Å²) < 4.78 is 5.21. The van der Waals surface area contributed by atoms with Crippen molar-refractivity contribution < 1.29 is 19.4 Å². The third-order valence-corrected chi connectivity index (χ3v) is 1.83. The van der Waals surface area contributed by atoms with Crippen LogP contribution in [-0.4, -0.2) is 29.6 Å². The van der Waals surface area contributed by atoms with Gasteiger partial charge in [-0.05, 0) is 12.1 Å². The second kappa shape index (κ2) is 5.75. The number of carbonyl (C=O) groups is 2. The number of aliphatic carboxylic acids is 1. The summed E-state index contributed by atoms with van der Waals surface area (Å²) in [6.07, 6.45) is -1.08. The largest absolute Gasteiger partial charge is 0.478 e. The Kier molecular flexibility index (Phi) is 4.32. The first-order valence-corrected chi connectivity index (χ1v) is 4.78. The fourth-order valence-corrected chi connectivity index (χ4v) is 1.08. The zero-order chi connectivity index (χ0) is 12.0. The molecule has 1 unspecified atom stereocenters. The predicted octanol–water partition coefficient (Wildman–Crippen LogP) is 0.655. The van der Waals surface area contributed by atoms with Crippen molar-refractivity contribution in [2.45, 2.75) is 13.0 Å². The van der Waals surface area contributed by atoms with Crippen LogP contribution in [0.1, 0.15) is 6.92 Å². The van der Waals surface area contributed by atoms with Gasteiger partial charge in [-0.1, -0.05) is 18.2 Å². The molecule has 0 aliphatic heterocycles. The van der Waals surface area contributed by atoms with Gasteiger partial charge in [-0.3, -0.25) is 4.79 Å². The Morgan fingerprint density at radius 1 is 1.38 bits per heavy atom. The molecule has 1 amide bonds. The minimum absolute atomic E-state index is 0.0560. The van der Waals surface area contributed by atoms with E-state index in [1.165, 1.54) is 6.92 Å². The zero-order valence-corrected chi connectivity index (χ0v) is 8.84. The molecular weight excluding hydrogens is 210 g/mol. The molecule has 2 N–H and O–H groups in total. The van der Waals surface area contributed by atoms with Crippen LogP contribution in [0.15, 0.2) is 30.3 Å². The quantitative estimate of drug-likeness (QED) is 0.768. The number of hydrogen-bond donors (Lipinski definition) is 2. The second-order valence-electron chi connectivity index (χ2n) is 3.19. The Bertz CT molecular complexity index is 364. The van der Waals surface area contributed by atoms with Crippen LogP contribution in [0.3, 0.4) is 0 Å². The van der Waals surface area contributed by atoms with Crippen LogP contribution in [0, 0.1) is 0 Å². The van der Waals surface area contributed by atoms with E-state index in [-0.39, 0.29) is 12.5 Å². The molecule has 1 aromatic carbocycles. The van der Waals surface area contributed by atoms with Crippen LogP contribution in [0.4, 0.5) is 0 Å². The van der Waals surface area contributed by atoms with E-state index in [0.717, 1.165) is 0 Å². The topological polar surface area (TPSA) is 75.6 Å². The SMILES string of the molecule is CC(=O)NCC(Oc1ccccc1)C(=O)O. The number of benzene rings is 1. The van der Waals surface area contributed by atoms with Crippen molar-refractivity contribution in [1.29, 1.82) is 0 Å². The number of carbonyl (C=O) groups excluding carboxylic acids is 1. The van der Waals surface area contributed by atoms with Gasteiger partial charge in [0.15, 0.2) is 0 Å². The van der Waals surface area contributed by atoms with Crippen molar-refractivity contribution in [2.75, 3.05) is 6.54 Å². The van der Waals surface area contributed by atoms with Gasteiger partial charge in [0.2, 0.25) is 12.0 Å². The van der Waals surface area contributed by atoms with Gasteiger partial charge in [0.05, 0.1) is 6.54 Å². The summed E-state index contributed by atoms with van der Waals surface area (Å²) in [7, 11) is 0. The van der Waals surface area contributed by atoms with Gasteiger partial charge in [-0.25, -0.2) is 4.79 Å². The van der Waals surface area contributed by atoms with Crippen LogP contribution >= 0.6 is 0 Å². The summed E-state index contributed by atoms with van der Waals surface area (Å²) in [6.45, 7) is 1.26. The van der Waals surface area contributed by atoms with E-state index < -0.39 is 12.1 Å². The maximum absolute atomic E-state index is 10.8. The fraction of sp³-hybridized carbons (Fsp3) is 0.273. The number of nitrogens with one attached hydrogen (secondary N) is 1. The van der Waals surface area contributed by atoms with E-state index in [9.17, 15) is 9.59 Å². The highest BCUT2D eigenvalue weighted by molar-refractivity contribution is 5.76. The molecule has 86 valence electrons. The fourth-order valence-electron chi connectivity index (χ4n) is 1.08. The van der Waals surface area contributed by atoms with Crippen LogP contribution < -0.4 is 10.1 Å². The monoisotopic (exact) mass is 223 g/mol. The lowest BCUT2D eigenvalue weighted by Crippen LogP contribution is -2.39. The van der Waals surface area contributed by atoms with Crippen molar-refractivity contribution >= 4 is 11.9 Å². The number of amides is 1. The third kappa shape index (κ3) is 4.00. The lowest BCUT2D eigenvalue weighted by molar-refractivity contribution is -0.145. The minimum atomic E-state index is -1.11. The van der Waals surface area contributed by atoms with E-state index in [1.54, 1.807) is 30.3 Å². The summed E-state index contributed by atoms with van der Waals surface area (Å²) in [6, 6.07) is 8.60. The van der Waals surface area contributed by atoms with Gasteiger partial charge >= 0.3 is 5.97 Å². The van der Waals surface area contributed by atoms with E-state index in [0.29, 0.717) is 5.75 Å². The van der Waals surface area contributed by atoms with E-state index in [2.05, 4.69) is 5.32 Å². The van der Waals surface area contributed by atoms with Crippen molar-refractivity contribution in [3.8, 4) is 5.75 Å². The van der Waals surface area contributed by atoms with E-state index >= 15 is 0 Å². The van der Waals surface area contributed by atoms with Crippen LogP contribution in [0.2, 0.25) is 0 Å². The first-order valence-electron chi connectivity index (χ1n) is 4.78. The third-order valence-electron chi connectivity index (χ3n) is 1.83. The molecule has 0 aliphatic rings. The smallest absolute Gasteiger partial charge is 0.346 e. The first-order chi connectivity index (χ1) is 7.59. The minimum Gasteiger partial charge on any atom is -0.478 e. The van der Waals surface area contributed by atoms with Crippen LogP contribution in [0.5, 0.6) is 5.75 Å². The number of para-hydroxylation sites is 1. The molecule has 0 aliphatic carbocycles. The lowest BCUT2D eigenvalue weighted by atomic mass is 10.3.